The van der Waals surface area contributed by atoms with Crippen molar-refractivity contribution >= 4 is 18.2 Å². The maximum absolute atomic E-state index is 12.7. The summed E-state index contributed by atoms with van der Waals surface area (Å²) in [5, 5.41) is 2.99. The van der Waals surface area contributed by atoms with E-state index in [1.807, 2.05) is 0 Å². The highest BCUT2D eigenvalue weighted by atomic mass is 35.5. The predicted molar refractivity (Wildman–Crippen MR) is 69.2 cm³/mol. The Balaban J connectivity index is 0.00000180. The number of ether oxygens (including phenoxy) is 1. The number of aliphatic imine (C=N–C) groups is 1. The molecule has 0 atom stereocenters. The number of hydrogen-bond acceptors (Lipinski definition) is 3. The first-order valence-electron chi connectivity index (χ1n) is 5.55. The van der Waals surface area contributed by atoms with Crippen molar-refractivity contribution < 1.29 is 17.9 Å². The molecule has 2 rings (SSSR count). The highest BCUT2D eigenvalue weighted by molar-refractivity contribution is 5.85. The van der Waals surface area contributed by atoms with E-state index in [1.54, 1.807) is 0 Å². The lowest BCUT2D eigenvalue weighted by Gasteiger charge is -2.14. The van der Waals surface area contributed by atoms with E-state index < -0.39 is 11.7 Å². The van der Waals surface area contributed by atoms with E-state index in [2.05, 4.69) is 10.3 Å². The fourth-order valence-corrected chi connectivity index (χ4v) is 1.77. The molecule has 0 saturated carbocycles. The molecule has 3 nitrogen and oxygen atoms in total. The average molecular weight is 295 g/mol. The minimum Gasteiger partial charge on any atom is -0.485 e. The molecule has 0 aromatic heterocycles. The molecule has 0 aliphatic carbocycles. The largest absolute Gasteiger partial charge is 0.485 e. The SMILES string of the molecule is Cc1c(OCC2=NCCN2)cccc1C(F)(F)F.Cl. The molecular weight excluding hydrogens is 281 g/mol. The summed E-state index contributed by atoms with van der Waals surface area (Å²) in [6.07, 6.45) is -4.35. The number of halogens is 4. The standard InChI is InChI=1S/C12H13F3N2O.ClH/c1-8-9(12(13,14)15)3-2-4-10(8)18-7-11-16-5-6-17-11;/h2-4H,5-7H2,1H3,(H,16,17);1H. The number of nitrogens with one attached hydrogen (secondary N) is 1. The summed E-state index contributed by atoms with van der Waals surface area (Å²) in [6, 6.07) is 3.92. The van der Waals surface area contributed by atoms with Gasteiger partial charge in [-0.05, 0) is 19.1 Å². The molecule has 7 heteroatoms. The molecule has 1 aliphatic heterocycles. The van der Waals surface area contributed by atoms with E-state index in [1.165, 1.54) is 19.1 Å². The molecule has 1 N–H and O–H groups in total. The van der Waals surface area contributed by atoms with Crippen molar-refractivity contribution in [3.05, 3.63) is 29.3 Å². The Morgan fingerprint density at radius 2 is 2.11 bits per heavy atom. The number of benzene rings is 1. The Labute approximate surface area is 115 Å². The van der Waals surface area contributed by atoms with Crippen LogP contribution in [0.2, 0.25) is 0 Å². The molecule has 0 radical (unpaired) electrons. The molecule has 1 heterocycles. The van der Waals surface area contributed by atoms with Gasteiger partial charge >= 0.3 is 6.18 Å². The summed E-state index contributed by atoms with van der Waals surface area (Å²) in [6.45, 7) is 3.00. The average Bonchev–Trinajstić information content (AvgIpc) is 2.79. The van der Waals surface area contributed by atoms with Gasteiger partial charge < -0.3 is 10.1 Å². The molecule has 0 saturated heterocycles. The smallest absolute Gasteiger partial charge is 0.416 e. The van der Waals surface area contributed by atoms with Gasteiger partial charge in [0.25, 0.3) is 0 Å². The summed E-state index contributed by atoms with van der Waals surface area (Å²) in [5.74, 6) is 0.910. The Bertz CT molecular complexity index is 475. The zero-order chi connectivity index (χ0) is 13.2. The van der Waals surface area contributed by atoms with Gasteiger partial charge in [0.2, 0.25) is 0 Å². The molecule has 1 aromatic carbocycles. The summed E-state index contributed by atoms with van der Waals surface area (Å²) >= 11 is 0. The van der Waals surface area contributed by atoms with Gasteiger partial charge in [-0.2, -0.15) is 13.2 Å². The number of amidine groups is 1. The van der Waals surface area contributed by atoms with Crippen LogP contribution in [0.5, 0.6) is 5.75 Å². The number of nitrogens with zero attached hydrogens (tertiary/aromatic N) is 1. The van der Waals surface area contributed by atoms with Crippen LogP contribution in [-0.4, -0.2) is 25.5 Å². The normalized spacial score (nSPS) is 14.4. The van der Waals surface area contributed by atoms with Crippen LogP contribution >= 0.6 is 12.4 Å². The lowest BCUT2D eigenvalue weighted by atomic mass is 10.1. The number of hydrogen-bond donors (Lipinski definition) is 1. The van der Waals surface area contributed by atoms with Crippen LogP contribution in [0.25, 0.3) is 0 Å². The van der Waals surface area contributed by atoms with Gasteiger partial charge in [0, 0.05) is 12.1 Å². The highest BCUT2D eigenvalue weighted by Gasteiger charge is 2.33. The van der Waals surface area contributed by atoms with Crippen LogP contribution < -0.4 is 10.1 Å². The van der Waals surface area contributed by atoms with E-state index in [-0.39, 0.29) is 30.3 Å². The molecule has 19 heavy (non-hydrogen) atoms. The lowest BCUT2D eigenvalue weighted by molar-refractivity contribution is -0.138. The summed E-state index contributed by atoms with van der Waals surface area (Å²) in [5.41, 5.74) is -0.565. The molecule has 0 amide bonds. The van der Waals surface area contributed by atoms with Crippen molar-refractivity contribution in [2.75, 3.05) is 19.7 Å². The van der Waals surface area contributed by atoms with Gasteiger partial charge in [0.1, 0.15) is 18.2 Å². The highest BCUT2D eigenvalue weighted by Crippen LogP contribution is 2.35. The van der Waals surface area contributed by atoms with Gasteiger partial charge in [-0.3, -0.25) is 4.99 Å². The second-order valence-electron chi connectivity index (χ2n) is 3.97. The van der Waals surface area contributed by atoms with E-state index in [0.29, 0.717) is 12.4 Å². The van der Waals surface area contributed by atoms with Crippen LogP contribution in [0.15, 0.2) is 23.2 Å². The predicted octanol–water partition coefficient (Wildman–Crippen LogP) is 2.82. The Kier molecular flexibility index (Phi) is 5.05. The minimum atomic E-state index is -4.35. The first kappa shape index (κ1) is 15.6. The quantitative estimate of drug-likeness (QED) is 0.930. The van der Waals surface area contributed by atoms with Crippen molar-refractivity contribution in [2.45, 2.75) is 13.1 Å². The van der Waals surface area contributed by atoms with Gasteiger partial charge in [0.15, 0.2) is 0 Å². The number of alkyl halides is 3. The maximum atomic E-state index is 12.7. The second kappa shape index (κ2) is 6.14. The van der Waals surface area contributed by atoms with Gasteiger partial charge in [-0.1, -0.05) is 6.07 Å². The summed E-state index contributed by atoms with van der Waals surface area (Å²) in [7, 11) is 0. The fourth-order valence-electron chi connectivity index (χ4n) is 1.77. The van der Waals surface area contributed by atoms with E-state index in [4.69, 9.17) is 4.74 Å². The van der Waals surface area contributed by atoms with Crippen LogP contribution in [0.4, 0.5) is 13.2 Å². The third-order valence-electron chi connectivity index (χ3n) is 2.70. The Hall–Kier alpha value is -1.43. The van der Waals surface area contributed by atoms with Crippen molar-refractivity contribution in [1.29, 1.82) is 0 Å². The van der Waals surface area contributed by atoms with Crippen molar-refractivity contribution in [2.24, 2.45) is 4.99 Å². The number of rotatable bonds is 3. The zero-order valence-electron chi connectivity index (χ0n) is 10.3. The molecule has 0 unspecified atom stereocenters. The maximum Gasteiger partial charge on any atom is 0.416 e. The minimum absolute atomic E-state index is 0. The van der Waals surface area contributed by atoms with E-state index in [0.717, 1.165) is 12.6 Å². The van der Waals surface area contributed by atoms with E-state index in [9.17, 15) is 13.2 Å². The lowest BCUT2D eigenvalue weighted by Crippen LogP contribution is -2.25. The summed E-state index contributed by atoms with van der Waals surface area (Å²) < 4.78 is 43.4. The van der Waals surface area contributed by atoms with Crippen LogP contribution in [0.3, 0.4) is 0 Å². The van der Waals surface area contributed by atoms with E-state index >= 15 is 0 Å². The molecule has 106 valence electrons. The first-order chi connectivity index (χ1) is 8.48. The molecular formula is C12H14ClF3N2O. The van der Waals surface area contributed by atoms with Crippen LogP contribution in [0.1, 0.15) is 11.1 Å². The molecule has 0 bridgehead atoms. The van der Waals surface area contributed by atoms with Crippen LogP contribution in [0, 0.1) is 6.92 Å². The van der Waals surface area contributed by atoms with Crippen LogP contribution in [-0.2, 0) is 6.18 Å². The third kappa shape index (κ3) is 3.76. The second-order valence-corrected chi connectivity index (χ2v) is 3.97. The molecule has 1 aliphatic rings. The molecule has 0 spiro atoms. The zero-order valence-corrected chi connectivity index (χ0v) is 11.1. The van der Waals surface area contributed by atoms with Gasteiger partial charge in [0.05, 0.1) is 12.1 Å². The molecule has 0 fully saturated rings. The van der Waals surface area contributed by atoms with Crippen molar-refractivity contribution in [3.63, 3.8) is 0 Å². The third-order valence-corrected chi connectivity index (χ3v) is 2.70. The first-order valence-corrected chi connectivity index (χ1v) is 5.55. The van der Waals surface area contributed by atoms with Crippen molar-refractivity contribution in [1.82, 2.24) is 5.32 Å². The topological polar surface area (TPSA) is 33.6 Å². The fraction of sp³-hybridized carbons (Fsp3) is 0.417. The molecule has 1 aromatic rings. The Morgan fingerprint density at radius 1 is 1.37 bits per heavy atom. The summed E-state index contributed by atoms with van der Waals surface area (Å²) in [4.78, 5) is 4.11. The van der Waals surface area contributed by atoms with Crippen molar-refractivity contribution in [3.8, 4) is 5.75 Å². The monoisotopic (exact) mass is 294 g/mol. The Morgan fingerprint density at radius 3 is 2.68 bits per heavy atom. The van der Waals surface area contributed by atoms with Gasteiger partial charge in [-0.15, -0.1) is 12.4 Å². The van der Waals surface area contributed by atoms with Gasteiger partial charge in [-0.25, -0.2) is 0 Å².